The molecule has 0 saturated heterocycles. The van der Waals surface area contributed by atoms with Gasteiger partial charge >= 0.3 is 0 Å². The maximum atomic E-state index is 5.06. The van der Waals surface area contributed by atoms with Crippen LogP contribution in [0, 0.1) is 11.8 Å². The van der Waals surface area contributed by atoms with Crippen molar-refractivity contribution in [2.24, 2.45) is 11.8 Å². The fraction of sp³-hybridized carbons (Fsp3) is 0.786. The number of hydrogen-bond acceptors (Lipinski definition) is 3. The minimum absolute atomic E-state index is 0.594. The smallest absolute Gasteiger partial charge is 0.203 e. The Labute approximate surface area is 110 Å². The number of methoxy groups -OCH3 is 1. The van der Waals surface area contributed by atoms with Gasteiger partial charge in [0.1, 0.15) is 0 Å². The number of nitrogens with one attached hydrogen (secondary N) is 1. The molecule has 4 nitrogen and oxygen atoms in total. The number of ether oxygens (including phenoxy) is 1. The zero-order chi connectivity index (χ0) is 13.0. The number of nitrogens with zero attached hydrogens (tertiary/aromatic N) is 2. The van der Waals surface area contributed by atoms with Crippen LogP contribution in [0.25, 0.3) is 0 Å². The molecule has 1 saturated carbocycles. The van der Waals surface area contributed by atoms with Crippen molar-refractivity contribution in [1.82, 2.24) is 9.55 Å². The zero-order valence-corrected chi connectivity index (χ0v) is 11.7. The van der Waals surface area contributed by atoms with Gasteiger partial charge < -0.3 is 14.6 Å². The highest BCUT2D eigenvalue weighted by Crippen LogP contribution is 2.36. The first-order chi connectivity index (χ1) is 8.70. The van der Waals surface area contributed by atoms with Gasteiger partial charge in [-0.15, -0.1) is 0 Å². The molecular formula is C14H25N3O. The summed E-state index contributed by atoms with van der Waals surface area (Å²) in [4.78, 5) is 4.41. The van der Waals surface area contributed by atoms with E-state index in [9.17, 15) is 0 Å². The van der Waals surface area contributed by atoms with Gasteiger partial charge in [0.2, 0.25) is 5.95 Å². The first-order valence-electron chi connectivity index (χ1n) is 6.96. The number of imidazole rings is 1. The molecule has 1 N–H and O–H groups in total. The molecule has 0 aromatic carbocycles. The van der Waals surface area contributed by atoms with Crippen LogP contribution in [0.2, 0.25) is 0 Å². The third kappa shape index (κ3) is 3.25. The number of aromatic nitrogens is 2. The summed E-state index contributed by atoms with van der Waals surface area (Å²) in [6.45, 7) is 6.24. The van der Waals surface area contributed by atoms with Gasteiger partial charge in [-0.1, -0.05) is 13.8 Å². The monoisotopic (exact) mass is 251 g/mol. The van der Waals surface area contributed by atoms with E-state index in [0.717, 1.165) is 24.3 Å². The summed E-state index contributed by atoms with van der Waals surface area (Å²) in [5.41, 5.74) is 0. The Bertz CT molecular complexity index is 354. The van der Waals surface area contributed by atoms with E-state index >= 15 is 0 Å². The number of rotatable bonds is 5. The van der Waals surface area contributed by atoms with Gasteiger partial charge in [-0.25, -0.2) is 4.98 Å². The van der Waals surface area contributed by atoms with E-state index in [1.165, 1.54) is 19.3 Å². The summed E-state index contributed by atoms with van der Waals surface area (Å²) in [6, 6.07) is 0.594. The molecule has 102 valence electrons. The number of anilines is 1. The molecule has 2 atom stereocenters. The van der Waals surface area contributed by atoms with Crippen LogP contribution in [0.5, 0.6) is 0 Å². The predicted molar refractivity (Wildman–Crippen MR) is 73.8 cm³/mol. The van der Waals surface area contributed by atoms with Crippen molar-refractivity contribution in [3.63, 3.8) is 0 Å². The van der Waals surface area contributed by atoms with Crippen LogP contribution in [0.3, 0.4) is 0 Å². The largest absolute Gasteiger partial charge is 0.383 e. The van der Waals surface area contributed by atoms with Gasteiger partial charge in [0.25, 0.3) is 0 Å². The van der Waals surface area contributed by atoms with Crippen LogP contribution < -0.4 is 5.32 Å². The maximum absolute atomic E-state index is 5.06. The summed E-state index contributed by atoms with van der Waals surface area (Å²) in [5, 5.41) is 3.35. The summed E-state index contributed by atoms with van der Waals surface area (Å²) in [6.07, 6.45) is 7.88. The molecule has 1 heterocycles. The van der Waals surface area contributed by atoms with E-state index in [-0.39, 0.29) is 0 Å². The fourth-order valence-corrected chi connectivity index (χ4v) is 3.14. The van der Waals surface area contributed by atoms with E-state index < -0.39 is 0 Å². The Morgan fingerprint density at radius 1 is 1.33 bits per heavy atom. The second-order valence-corrected chi connectivity index (χ2v) is 5.65. The highest BCUT2D eigenvalue weighted by atomic mass is 16.5. The summed E-state index contributed by atoms with van der Waals surface area (Å²) >= 11 is 0. The van der Waals surface area contributed by atoms with Crippen molar-refractivity contribution in [2.45, 2.75) is 39.2 Å². The molecule has 0 aliphatic heterocycles. The van der Waals surface area contributed by atoms with Crippen molar-refractivity contribution in [3.8, 4) is 0 Å². The SMILES string of the molecule is COCCNc1nccn1C1CC(C)CC(C)C1. The van der Waals surface area contributed by atoms with Gasteiger partial charge in [-0.2, -0.15) is 0 Å². The van der Waals surface area contributed by atoms with Crippen LogP contribution in [-0.4, -0.2) is 29.8 Å². The molecule has 18 heavy (non-hydrogen) atoms. The first-order valence-corrected chi connectivity index (χ1v) is 6.96. The lowest BCUT2D eigenvalue weighted by Gasteiger charge is -2.33. The highest BCUT2D eigenvalue weighted by molar-refractivity contribution is 5.26. The molecule has 1 aliphatic rings. The van der Waals surface area contributed by atoms with Crippen molar-refractivity contribution in [1.29, 1.82) is 0 Å². The molecule has 2 rings (SSSR count). The Morgan fingerprint density at radius 2 is 2.06 bits per heavy atom. The Morgan fingerprint density at radius 3 is 2.72 bits per heavy atom. The third-order valence-electron chi connectivity index (χ3n) is 3.80. The molecule has 1 aromatic heterocycles. The fourth-order valence-electron chi connectivity index (χ4n) is 3.14. The van der Waals surface area contributed by atoms with Gasteiger partial charge in [0, 0.05) is 32.1 Å². The van der Waals surface area contributed by atoms with Crippen molar-refractivity contribution < 1.29 is 4.74 Å². The first kappa shape index (κ1) is 13.4. The standard InChI is InChI=1S/C14H25N3O/c1-11-8-12(2)10-13(9-11)17-6-4-15-14(17)16-5-7-18-3/h4,6,11-13H,5,7-10H2,1-3H3,(H,15,16). The molecule has 0 radical (unpaired) electrons. The molecule has 1 fully saturated rings. The second-order valence-electron chi connectivity index (χ2n) is 5.65. The highest BCUT2D eigenvalue weighted by Gasteiger charge is 2.26. The topological polar surface area (TPSA) is 39.1 Å². The van der Waals surface area contributed by atoms with E-state index in [1.54, 1.807) is 7.11 Å². The average molecular weight is 251 g/mol. The Balaban J connectivity index is 2.01. The molecule has 1 aromatic rings. The molecule has 4 heteroatoms. The lowest BCUT2D eigenvalue weighted by Crippen LogP contribution is -2.24. The van der Waals surface area contributed by atoms with E-state index in [2.05, 4.69) is 34.9 Å². The Hall–Kier alpha value is -1.03. The molecule has 0 bridgehead atoms. The summed E-state index contributed by atoms with van der Waals surface area (Å²) < 4.78 is 7.37. The van der Waals surface area contributed by atoms with Gasteiger partial charge in [0.05, 0.1) is 6.61 Å². The van der Waals surface area contributed by atoms with Crippen LogP contribution in [0.15, 0.2) is 12.4 Å². The predicted octanol–water partition coefficient (Wildman–Crippen LogP) is 2.94. The summed E-state index contributed by atoms with van der Waals surface area (Å²) in [5.74, 6) is 2.61. The van der Waals surface area contributed by atoms with Crippen LogP contribution in [-0.2, 0) is 4.74 Å². The number of hydrogen-bond donors (Lipinski definition) is 1. The third-order valence-corrected chi connectivity index (χ3v) is 3.80. The minimum atomic E-state index is 0.594. The van der Waals surface area contributed by atoms with Crippen LogP contribution in [0.4, 0.5) is 5.95 Å². The minimum Gasteiger partial charge on any atom is -0.383 e. The summed E-state index contributed by atoms with van der Waals surface area (Å²) in [7, 11) is 1.72. The molecule has 0 spiro atoms. The van der Waals surface area contributed by atoms with E-state index in [4.69, 9.17) is 4.74 Å². The lowest BCUT2D eigenvalue weighted by atomic mass is 9.80. The van der Waals surface area contributed by atoms with Crippen LogP contribution >= 0.6 is 0 Å². The second kappa shape index (κ2) is 6.23. The normalized spacial score (nSPS) is 28.3. The van der Waals surface area contributed by atoms with Gasteiger partial charge in [-0.3, -0.25) is 0 Å². The molecule has 0 amide bonds. The van der Waals surface area contributed by atoms with Gasteiger partial charge in [-0.05, 0) is 31.1 Å². The lowest BCUT2D eigenvalue weighted by molar-refractivity contribution is 0.209. The van der Waals surface area contributed by atoms with E-state index in [1.807, 2.05) is 6.20 Å². The zero-order valence-electron chi connectivity index (χ0n) is 11.7. The van der Waals surface area contributed by atoms with Crippen LogP contribution in [0.1, 0.15) is 39.2 Å². The van der Waals surface area contributed by atoms with Crippen molar-refractivity contribution >= 4 is 5.95 Å². The maximum Gasteiger partial charge on any atom is 0.203 e. The molecular weight excluding hydrogens is 226 g/mol. The molecule has 1 aliphatic carbocycles. The van der Waals surface area contributed by atoms with Crippen molar-refractivity contribution in [2.75, 3.05) is 25.6 Å². The Kier molecular flexibility index (Phi) is 4.64. The van der Waals surface area contributed by atoms with Crippen molar-refractivity contribution in [3.05, 3.63) is 12.4 Å². The average Bonchev–Trinajstić information content (AvgIpc) is 2.76. The quantitative estimate of drug-likeness (QED) is 0.818. The van der Waals surface area contributed by atoms with Gasteiger partial charge in [0.15, 0.2) is 0 Å². The molecule has 2 unspecified atom stereocenters. The van der Waals surface area contributed by atoms with E-state index in [0.29, 0.717) is 12.6 Å².